The van der Waals surface area contributed by atoms with Crippen LogP contribution in [0.2, 0.25) is 0 Å². The largest absolute Gasteiger partial charge is 0.351 e. The minimum absolute atomic E-state index is 0.0536. The maximum absolute atomic E-state index is 13.1. The number of nitrogens with one attached hydrogen (secondary N) is 1. The second kappa shape index (κ2) is 9.70. The van der Waals surface area contributed by atoms with Gasteiger partial charge in [0, 0.05) is 6.54 Å². The molecule has 0 saturated carbocycles. The molecule has 2 nitrogen and oxygen atoms in total. The normalized spacial score (nSPS) is 13.2. The Bertz CT molecular complexity index is 898. The molecule has 0 aliphatic heterocycles. The Morgan fingerprint density at radius 3 is 2.14 bits per heavy atom. The zero-order valence-corrected chi connectivity index (χ0v) is 16.5. The first-order valence-electron chi connectivity index (χ1n) is 9.75. The SMILES string of the molecule is Cc1ccc([C@@H](C(=O)NCc2ccccc2)[C@H](C)/C=C/c2ccccc2)cc1. The maximum atomic E-state index is 13.1. The van der Waals surface area contributed by atoms with Crippen LogP contribution in [0.25, 0.3) is 6.08 Å². The first kappa shape index (κ1) is 19.6. The molecule has 0 bridgehead atoms. The minimum Gasteiger partial charge on any atom is -0.351 e. The molecule has 0 aliphatic carbocycles. The van der Waals surface area contributed by atoms with Gasteiger partial charge in [-0.2, -0.15) is 0 Å². The second-order valence-corrected chi connectivity index (χ2v) is 7.22. The van der Waals surface area contributed by atoms with Gasteiger partial charge in [-0.3, -0.25) is 4.79 Å². The average molecular weight is 370 g/mol. The zero-order chi connectivity index (χ0) is 19.8. The first-order chi connectivity index (χ1) is 13.6. The number of aryl methyl sites for hydroxylation is 1. The molecule has 0 radical (unpaired) electrons. The van der Waals surface area contributed by atoms with Crippen LogP contribution in [-0.2, 0) is 11.3 Å². The summed E-state index contributed by atoms with van der Waals surface area (Å²) in [5.41, 5.74) is 4.48. The number of allylic oxidation sites excluding steroid dienone is 1. The van der Waals surface area contributed by atoms with Gasteiger partial charge in [0.15, 0.2) is 0 Å². The van der Waals surface area contributed by atoms with Crippen molar-refractivity contribution in [3.05, 3.63) is 113 Å². The van der Waals surface area contributed by atoms with Crippen molar-refractivity contribution < 1.29 is 4.79 Å². The molecule has 0 heterocycles. The highest BCUT2D eigenvalue weighted by Crippen LogP contribution is 2.27. The Morgan fingerprint density at radius 1 is 0.893 bits per heavy atom. The predicted molar refractivity (Wildman–Crippen MR) is 117 cm³/mol. The third-order valence-electron chi connectivity index (χ3n) is 4.95. The summed E-state index contributed by atoms with van der Waals surface area (Å²) in [5.74, 6) is -0.110. The summed E-state index contributed by atoms with van der Waals surface area (Å²) in [5, 5.41) is 3.12. The van der Waals surface area contributed by atoms with Gasteiger partial charge in [-0.1, -0.05) is 110 Å². The highest BCUT2D eigenvalue weighted by atomic mass is 16.1. The van der Waals surface area contributed by atoms with Crippen LogP contribution in [-0.4, -0.2) is 5.91 Å². The van der Waals surface area contributed by atoms with E-state index in [0.29, 0.717) is 6.54 Å². The summed E-state index contributed by atoms with van der Waals surface area (Å²) in [4.78, 5) is 13.1. The van der Waals surface area contributed by atoms with Crippen molar-refractivity contribution >= 4 is 12.0 Å². The van der Waals surface area contributed by atoms with Crippen molar-refractivity contribution in [2.75, 3.05) is 0 Å². The van der Waals surface area contributed by atoms with E-state index >= 15 is 0 Å². The monoisotopic (exact) mass is 369 g/mol. The molecular formula is C26H27NO. The van der Waals surface area contributed by atoms with Gasteiger partial charge in [0.05, 0.1) is 5.92 Å². The fourth-order valence-corrected chi connectivity index (χ4v) is 3.30. The Hall–Kier alpha value is -3.13. The Kier molecular flexibility index (Phi) is 6.80. The van der Waals surface area contributed by atoms with Crippen LogP contribution in [0.1, 0.15) is 35.1 Å². The van der Waals surface area contributed by atoms with Gasteiger partial charge in [0.2, 0.25) is 5.91 Å². The van der Waals surface area contributed by atoms with Crippen LogP contribution in [0.3, 0.4) is 0 Å². The first-order valence-corrected chi connectivity index (χ1v) is 9.75. The van der Waals surface area contributed by atoms with Crippen molar-refractivity contribution in [1.29, 1.82) is 0 Å². The van der Waals surface area contributed by atoms with E-state index in [0.717, 1.165) is 16.7 Å². The van der Waals surface area contributed by atoms with Crippen LogP contribution >= 0.6 is 0 Å². The number of carbonyl (C=O) groups is 1. The minimum atomic E-state index is -0.232. The van der Waals surface area contributed by atoms with Crippen LogP contribution in [0.4, 0.5) is 0 Å². The van der Waals surface area contributed by atoms with E-state index in [1.807, 2.05) is 48.5 Å². The van der Waals surface area contributed by atoms with Gasteiger partial charge < -0.3 is 5.32 Å². The number of rotatable bonds is 7. The van der Waals surface area contributed by atoms with Gasteiger partial charge in [-0.05, 0) is 29.5 Å². The van der Waals surface area contributed by atoms with Crippen molar-refractivity contribution in [3.63, 3.8) is 0 Å². The fourth-order valence-electron chi connectivity index (χ4n) is 3.30. The quantitative estimate of drug-likeness (QED) is 0.565. The lowest BCUT2D eigenvalue weighted by Gasteiger charge is -2.22. The Morgan fingerprint density at radius 2 is 1.50 bits per heavy atom. The van der Waals surface area contributed by atoms with E-state index in [9.17, 15) is 4.79 Å². The van der Waals surface area contributed by atoms with Crippen molar-refractivity contribution in [2.24, 2.45) is 5.92 Å². The molecule has 0 fully saturated rings. The van der Waals surface area contributed by atoms with Crippen LogP contribution < -0.4 is 5.32 Å². The number of hydrogen-bond acceptors (Lipinski definition) is 1. The molecule has 3 rings (SSSR count). The molecule has 0 aliphatic rings. The molecule has 2 heteroatoms. The molecule has 3 aromatic carbocycles. The van der Waals surface area contributed by atoms with Crippen molar-refractivity contribution in [1.82, 2.24) is 5.32 Å². The maximum Gasteiger partial charge on any atom is 0.228 e. The number of hydrogen-bond donors (Lipinski definition) is 1. The molecular weight excluding hydrogens is 342 g/mol. The van der Waals surface area contributed by atoms with Crippen molar-refractivity contribution in [2.45, 2.75) is 26.3 Å². The van der Waals surface area contributed by atoms with Crippen LogP contribution in [0, 0.1) is 12.8 Å². The summed E-state index contributed by atoms with van der Waals surface area (Å²) in [6.07, 6.45) is 4.22. The summed E-state index contributed by atoms with van der Waals surface area (Å²) >= 11 is 0. The molecule has 28 heavy (non-hydrogen) atoms. The van der Waals surface area contributed by atoms with E-state index in [1.165, 1.54) is 5.56 Å². The van der Waals surface area contributed by atoms with E-state index in [1.54, 1.807) is 0 Å². The summed E-state index contributed by atoms with van der Waals surface area (Å²) in [6.45, 7) is 4.70. The molecule has 1 N–H and O–H groups in total. The predicted octanol–water partition coefficient (Wildman–Crippen LogP) is 5.74. The lowest BCUT2D eigenvalue weighted by molar-refractivity contribution is -0.123. The molecule has 1 amide bonds. The molecule has 0 unspecified atom stereocenters. The van der Waals surface area contributed by atoms with Crippen molar-refractivity contribution in [3.8, 4) is 0 Å². The smallest absolute Gasteiger partial charge is 0.228 e. The molecule has 3 aromatic rings. The van der Waals surface area contributed by atoms with Crippen LogP contribution in [0.5, 0.6) is 0 Å². The third kappa shape index (κ3) is 5.43. The van der Waals surface area contributed by atoms with E-state index in [2.05, 4.69) is 67.7 Å². The topological polar surface area (TPSA) is 29.1 Å². The highest BCUT2D eigenvalue weighted by molar-refractivity contribution is 5.84. The van der Waals surface area contributed by atoms with Crippen LogP contribution in [0.15, 0.2) is 91.0 Å². The number of benzene rings is 3. The lowest BCUT2D eigenvalue weighted by Crippen LogP contribution is -2.32. The molecule has 142 valence electrons. The summed E-state index contributed by atoms with van der Waals surface area (Å²) in [7, 11) is 0. The fraction of sp³-hybridized carbons (Fsp3) is 0.192. The van der Waals surface area contributed by atoms with Gasteiger partial charge >= 0.3 is 0 Å². The molecule has 0 spiro atoms. The summed E-state index contributed by atoms with van der Waals surface area (Å²) in [6, 6.07) is 28.5. The lowest BCUT2D eigenvalue weighted by atomic mass is 9.85. The Labute approximate surface area is 167 Å². The number of carbonyl (C=O) groups excluding carboxylic acids is 1. The van der Waals surface area contributed by atoms with Gasteiger partial charge in [-0.15, -0.1) is 0 Å². The molecule has 2 atom stereocenters. The van der Waals surface area contributed by atoms with E-state index in [4.69, 9.17) is 0 Å². The standard InChI is InChI=1S/C26H27NO/c1-20-13-17-24(18-14-20)25(21(2)15-16-22-9-5-3-6-10-22)26(28)27-19-23-11-7-4-8-12-23/h3-18,21,25H,19H2,1-2H3,(H,27,28)/b16-15+/t21-,25+/m1/s1. The third-order valence-corrected chi connectivity index (χ3v) is 4.95. The summed E-state index contributed by atoms with van der Waals surface area (Å²) < 4.78 is 0. The molecule has 0 saturated heterocycles. The average Bonchev–Trinajstić information content (AvgIpc) is 2.74. The number of amides is 1. The van der Waals surface area contributed by atoms with Gasteiger partial charge in [-0.25, -0.2) is 0 Å². The second-order valence-electron chi connectivity index (χ2n) is 7.22. The molecule has 0 aromatic heterocycles. The van der Waals surface area contributed by atoms with Gasteiger partial charge in [0.25, 0.3) is 0 Å². The van der Waals surface area contributed by atoms with E-state index in [-0.39, 0.29) is 17.7 Å². The van der Waals surface area contributed by atoms with E-state index < -0.39 is 0 Å². The zero-order valence-electron chi connectivity index (χ0n) is 16.5. The van der Waals surface area contributed by atoms with Gasteiger partial charge in [0.1, 0.15) is 0 Å². The highest BCUT2D eigenvalue weighted by Gasteiger charge is 2.25. The Balaban J connectivity index is 1.78.